The molecule has 4 rings (SSSR count). The zero-order chi connectivity index (χ0) is 21.0. The van der Waals surface area contributed by atoms with Crippen LogP contribution in [0.15, 0.2) is 65.8 Å². The molecule has 158 valence electrons. The van der Waals surface area contributed by atoms with Crippen LogP contribution in [-0.4, -0.2) is 48.1 Å². The molecule has 4 atom stereocenters. The molecule has 0 spiro atoms. The Balaban J connectivity index is 1.59. The summed E-state index contributed by atoms with van der Waals surface area (Å²) in [6.45, 7) is 6.13. The van der Waals surface area contributed by atoms with Gasteiger partial charge in [-0.25, -0.2) is 0 Å². The number of hydrogen-bond donors (Lipinski definition) is 0. The number of azide groups is 1. The van der Waals surface area contributed by atoms with Crippen molar-refractivity contribution in [1.29, 1.82) is 0 Å². The van der Waals surface area contributed by atoms with Gasteiger partial charge in [0.1, 0.15) is 6.10 Å². The SMILES string of the molecule is CC1(C)OC[C@@H]2[C@@H](O1)[C@H](OCc1ccccc1)[C@@H](N=[N+]=[N-])CN2Cc1ccccc1. The average Bonchev–Trinajstić information content (AvgIpc) is 2.74. The van der Waals surface area contributed by atoms with Gasteiger partial charge >= 0.3 is 0 Å². The van der Waals surface area contributed by atoms with Crippen molar-refractivity contribution in [2.24, 2.45) is 5.11 Å². The van der Waals surface area contributed by atoms with E-state index in [2.05, 4.69) is 27.1 Å². The van der Waals surface area contributed by atoms with Crippen molar-refractivity contribution in [2.75, 3.05) is 13.2 Å². The monoisotopic (exact) mass is 408 g/mol. The molecule has 0 aromatic heterocycles. The fourth-order valence-electron chi connectivity index (χ4n) is 4.26. The van der Waals surface area contributed by atoms with Gasteiger partial charge in [-0.15, -0.1) is 0 Å². The Labute approximate surface area is 177 Å². The normalized spacial score (nSPS) is 28.3. The first-order valence-electron chi connectivity index (χ1n) is 10.4. The van der Waals surface area contributed by atoms with Crippen LogP contribution >= 0.6 is 0 Å². The van der Waals surface area contributed by atoms with Gasteiger partial charge in [-0.1, -0.05) is 65.8 Å². The maximum absolute atomic E-state index is 9.22. The van der Waals surface area contributed by atoms with E-state index >= 15 is 0 Å². The number of ether oxygens (including phenoxy) is 3. The van der Waals surface area contributed by atoms with Crippen molar-refractivity contribution in [3.8, 4) is 0 Å². The van der Waals surface area contributed by atoms with Crippen LogP contribution in [0.25, 0.3) is 10.4 Å². The van der Waals surface area contributed by atoms with Crippen molar-refractivity contribution in [2.45, 2.75) is 57.1 Å². The van der Waals surface area contributed by atoms with Crippen molar-refractivity contribution in [3.63, 3.8) is 0 Å². The van der Waals surface area contributed by atoms with Gasteiger partial charge in [0, 0.05) is 18.0 Å². The average molecular weight is 409 g/mol. The predicted octanol–water partition coefficient (Wildman–Crippen LogP) is 4.29. The molecule has 0 aliphatic carbocycles. The summed E-state index contributed by atoms with van der Waals surface area (Å²) in [6.07, 6.45) is -0.605. The molecule has 0 saturated carbocycles. The third kappa shape index (κ3) is 4.83. The number of nitrogens with zero attached hydrogens (tertiary/aromatic N) is 4. The van der Waals surface area contributed by atoms with E-state index in [4.69, 9.17) is 14.2 Å². The lowest BCUT2D eigenvalue weighted by molar-refractivity contribution is -0.323. The maximum Gasteiger partial charge on any atom is 0.163 e. The minimum Gasteiger partial charge on any atom is -0.370 e. The second-order valence-electron chi connectivity index (χ2n) is 8.31. The zero-order valence-corrected chi connectivity index (χ0v) is 17.4. The predicted molar refractivity (Wildman–Crippen MR) is 113 cm³/mol. The van der Waals surface area contributed by atoms with E-state index in [9.17, 15) is 5.53 Å². The first kappa shape index (κ1) is 20.8. The first-order valence-corrected chi connectivity index (χ1v) is 10.4. The minimum absolute atomic E-state index is 0.0177. The Bertz CT molecular complexity index is 871. The van der Waals surface area contributed by atoms with E-state index in [0.717, 1.165) is 12.1 Å². The first-order chi connectivity index (χ1) is 14.6. The topological polar surface area (TPSA) is 79.7 Å². The number of likely N-dealkylation sites (tertiary alicyclic amines) is 1. The number of benzene rings is 2. The molecule has 7 nitrogen and oxygen atoms in total. The highest BCUT2D eigenvalue weighted by Crippen LogP contribution is 2.35. The highest BCUT2D eigenvalue weighted by molar-refractivity contribution is 5.16. The van der Waals surface area contributed by atoms with E-state index in [1.165, 1.54) is 5.56 Å². The van der Waals surface area contributed by atoms with Gasteiger partial charge in [-0.3, -0.25) is 4.90 Å². The molecule has 0 amide bonds. The van der Waals surface area contributed by atoms with Crippen LogP contribution in [0.2, 0.25) is 0 Å². The van der Waals surface area contributed by atoms with E-state index in [1.807, 2.05) is 62.4 Å². The molecule has 30 heavy (non-hydrogen) atoms. The van der Waals surface area contributed by atoms with E-state index in [0.29, 0.717) is 19.8 Å². The molecule has 2 aliphatic heterocycles. The smallest absolute Gasteiger partial charge is 0.163 e. The molecule has 7 heteroatoms. The second kappa shape index (κ2) is 9.16. The molecule has 0 unspecified atom stereocenters. The van der Waals surface area contributed by atoms with Crippen LogP contribution in [0.3, 0.4) is 0 Å². The Kier molecular flexibility index (Phi) is 6.37. The van der Waals surface area contributed by atoms with Crippen LogP contribution in [0.1, 0.15) is 25.0 Å². The molecule has 2 fully saturated rings. The number of piperidine rings is 1. The van der Waals surface area contributed by atoms with Crippen molar-refractivity contribution < 1.29 is 14.2 Å². The molecule has 2 saturated heterocycles. The third-order valence-corrected chi connectivity index (χ3v) is 5.71. The van der Waals surface area contributed by atoms with Gasteiger partial charge in [-0.05, 0) is 30.5 Å². The second-order valence-corrected chi connectivity index (χ2v) is 8.31. The molecule has 2 aromatic rings. The van der Waals surface area contributed by atoms with E-state index in [-0.39, 0.29) is 24.3 Å². The maximum atomic E-state index is 9.22. The van der Waals surface area contributed by atoms with Crippen LogP contribution < -0.4 is 0 Å². The van der Waals surface area contributed by atoms with Gasteiger partial charge in [0.2, 0.25) is 0 Å². The van der Waals surface area contributed by atoms with Crippen molar-refractivity contribution in [1.82, 2.24) is 4.90 Å². The lowest BCUT2D eigenvalue weighted by Gasteiger charge is -2.52. The molecule has 0 radical (unpaired) electrons. The van der Waals surface area contributed by atoms with Crippen LogP contribution in [0.4, 0.5) is 0 Å². The van der Waals surface area contributed by atoms with E-state index < -0.39 is 5.79 Å². The van der Waals surface area contributed by atoms with Crippen molar-refractivity contribution in [3.05, 3.63) is 82.2 Å². The summed E-state index contributed by atoms with van der Waals surface area (Å²) in [7, 11) is 0. The summed E-state index contributed by atoms with van der Waals surface area (Å²) < 4.78 is 18.7. The van der Waals surface area contributed by atoms with Crippen LogP contribution in [0.5, 0.6) is 0 Å². The lowest BCUT2D eigenvalue weighted by atomic mass is 9.90. The molecular weight excluding hydrogens is 380 g/mol. The number of rotatable bonds is 6. The standard InChI is InChI=1S/C23H28N4O3/c1-23(2)29-16-20-22(30-23)21(28-15-18-11-7-4-8-12-18)19(25-26-24)14-27(20)13-17-9-5-3-6-10-17/h3-12,19-22H,13-16H2,1-2H3/t19-,20+,21+,22+/m0/s1. The van der Waals surface area contributed by atoms with Gasteiger partial charge in [0.25, 0.3) is 0 Å². The van der Waals surface area contributed by atoms with Gasteiger partial charge in [-0.2, -0.15) is 0 Å². The molecule has 2 aromatic carbocycles. The molecule has 2 aliphatic rings. The Morgan fingerprint density at radius 3 is 2.43 bits per heavy atom. The zero-order valence-electron chi connectivity index (χ0n) is 17.4. The highest BCUT2D eigenvalue weighted by atomic mass is 16.7. The van der Waals surface area contributed by atoms with Gasteiger partial charge < -0.3 is 14.2 Å². The number of fused-ring (bicyclic) bond motifs is 1. The molecule has 0 bridgehead atoms. The van der Waals surface area contributed by atoms with E-state index in [1.54, 1.807) is 0 Å². The summed E-state index contributed by atoms with van der Waals surface area (Å²) in [4.78, 5) is 5.40. The minimum atomic E-state index is -0.716. The molecule has 0 N–H and O–H groups in total. The summed E-state index contributed by atoms with van der Waals surface area (Å²) in [5.74, 6) is -0.716. The molecular formula is C23H28N4O3. The summed E-state index contributed by atoms with van der Waals surface area (Å²) in [5, 5.41) is 4.10. The molecule has 2 heterocycles. The third-order valence-electron chi connectivity index (χ3n) is 5.71. The van der Waals surface area contributed by atoms with Crippen molar-refractivity contribution >= 4 is 0 Å². The fourth-order valence-corrected chi connectivity index (χ4v) is 4.26. The number of hydrogen-bond acceptors (Lipinski definition) is 5. The highest BCUT2D eigenvalue weighted by Gasteiger charge is 2.50. The summed E-state index contributed by atoms with van der Waals surface area (Å²) >= 11 is 0. The Morgan fingerprint density at radius 1 is 1.10 bits per heavy atom. The Morgan fingerprint density at radius 2 is 1.77 bits per heavy atom. The van der Waals surface area contributed by atoms with Gasteiger partial charge in [0.15, 0.2) is 5.79 Å². The van der Waals surface area contributed by atoms with Crippen LogP contribution in [-0.2, 0) is 27.4 Å². The van der Waals surface area contributed by atoms with Gasteiger partial charge in [0.05, 0.1) is 31.4 Å². The summed E-state index contributed by atoms with van der Waals surface area (Å²) in [5.41, 5.74) is 11.5. The van der Waals surface area contributed by atoms with Crippen LogP contribution in [0, 0.1) is 0 Å². The largest absolute Gasteiger partial charge is 0.370 e. The summed E-state index contributed by atoms with van der Waals surface area (Å²) in [6, 6.07) is 20.0. The fraction of sp³-hybridized carbons (Fsp3) is 0.478. The quantitative estimate of drug-likeness (QED) is 0.406. The lowest BCUT2D eigenvalue weighted by Crippen LogP contribution is -2.67. The Hall–Kier alpha value is -2.41.